The van der Waals surface area contributed by atoms with Gasteiger partial charge in [0.25, 0.3) is 0 Å². The molecule has 2 N–H and O–H groups in total. The second-order valence-corrected chi connectivity index (χ2v) is 8.30. The van der Waals surface area contributed by atoms with Crippen molar-refractivity contribution in [2.75, 3.05) is 0 Å². The molecule has 160 valence electrons. The number of carbonyl (C=O) groups is 2. The first-order valence-electron chi connectivity index (χ1n) is 10.6. The second-order valence-electron chi connectivity index (χ2n) is 8.30. The van der Waals surface area contributed by atoms with Gasteiger partial charge in [-0.1, -0.05) is 31.6 Å². The smallest absolute Gasteiger partial charge is 0.333 e. The van der Waals surface area contributed by atoms with Gasteiger partial charge in [-0.2, -0.15) is 0 Å². The molecule has 1 rings (SSSR count). The van der Waals surface area contributed by atoms with Gasteiger partial charge < -0.3 is 14.9 Å². The van der Waals surface area contributed by atoms with Crippen molar-refractivity contribution in [3.05, 3.63) is 23.3 Å². The topological polar surface area (TPSA) is 83.8 Å². The standard InChI is InChI=1S/C23H38O5/c1-6-19-20(24)13-10-15(2)8-7-9-17(4)23(27)28-18(5)12-11-16(3)21(25)14-22(19)26/h8-9,16,18-21,24-25H,6-7,10-14H2,1-5H3. The lowest BCUT2D eigenvalue weighted by atomic mass is 9.85. The highest BCUT2D eigenvalue weighted by molar-refractivity contribution is 5.87. The zero-order valence-corrected chi connectivity index (χ0v) is 18.1. The summed E-state index contributed by atoms with van der Waals surface area (Å²) in [5.74, 6) is -0.907. The maximum atomic E-state index is 12.6. The Morgan fingerprint density at radius 3 is 2.36 bits per heavy atom. The third-order valence-electron chi connectivity index (χ3n) is 5.77. The monoisotopic (exact) mass is 394 g/mol. The summed E-state index contributed by atoms with van der Waals surface area (Å²) in [7, 11) is 0. The van der Waals surface area contributed by atoms with Gasteiger partial charge in [0, 0.05) is 17.9 Å². The van der Waals surface area contributed by atoms with E-state index in [9.17, 15) is 19.8 Å². The number of hydrogen-bond donors (Lipinski definition) is 2. The third kappa shape index (κ3) is 8.27. The van der Waals surface area contributed by atoms with E-state index in [4.69, 9.17) is 4.74 Å². The molecule has 28 heavy (non-hydrogen) atoms. The Morgan fingerprint density at radius 1 is 1.04 bits per heavy atom. The summed E-state index contributed by atoms with van der Waals surface area (Å²) < 4.78 is 5.48. The molecular formula is C23H38O5. The van der Waals surface area contributed by atoms with Crippen molar-refractivity contribution in [1.29, 1.82) is 0 Å². The number of allylic oxidation sites excluding steroid dienone is 3. The average molecular weight is 395 g/mol. The molecule has 0 fully saturated rings. The van der Waals surface area contributed by atoms with Gasteiger partial charge in [0.05, 0.1) is 18.3 Å². The van der Waals surface area contributed by atoms with E-state index < -0.39 is 18.1 Å². The van der Waals surface area contributed by atoms with Crippen LogP contribution in [0.3, 0.4) is 0 Å². The molecule has 1 aliphatic heterocycles. The molecule has 5 heteroatoms. The molecule has 0 bridgehead atoms. The fourth-order valence-electron chi connectivity index (χ4n) is 3.50. The zero-order chi connectivity index (χ0) is 21.3. The van der Waals surface area contributed by atoms with E-state index in [0.717, 1.165) is 5.57 Å². The molecule has 0 aromatic heterocycles. The number of carbonyl (C=O) groups excluding carboxylic acids is 2. The fourth-order valence-corrected chi connectivity index (χ4v) is 3.50. The summed E-state index contributed by atoms with van der Waals surface area (Å²) in [5.41, 5.74) is 1.70. The van der Waals surface area contributed by atoms with Crippen LogP contribution in [0.25, 0.3) is 0 Å². The molecule has 5 atom stereocenters. The molecule has 5 unspecified atom stereocenters. The summed E-state index contributed by atoms with van der Waals surface area (Å²) in [6, 6.07) is 0. The van der Waals surface area contributed by atoms with Crippen LogP contribution in [-0.2, 0) is 14.3 Å². The Labute approximate surface area is 169 Å². The summed E-state index contributed by atoms with van der Waals surface area (Å²) in [4.78, 5) is 24.8. The highest BCUT2D eigenvalue weighted by Crippen LogP contribution is 2.23. The number of aliphatic hydroxyl groups is 2. The fraction of sp³-hybridized carbons (Fsp3) is 0.739. The van der Waals surface area contributed by atoms with Crippen LogP contribution in [0.5, 0.6) is 0 Å². The van der Waals surface area contributed by atoms with Crippen LogP contribution >= 0.6 is 0 Å². The van der Waals surface area contributed by atoms with Crippen LogP contribution in [0.1, 0.15) is 79.6 Å². The first-order valence-corrected chi connectivity index (χ1v) is 10.6. The summed E-state index contributed by atoms with van der Waals surface area (Å²) in [6.45, 7) is 9.40. The Morgan fingerprint density at radius 2 is 1.71 bits per heavy atom. The molecule has 0 saturated heterocycles. The average Bonchev–Trinajstić information content (AvgIpc) is 2.63. The van der Waals surface area contributed by atoms with Crippen LogP contribution in [0.4, 0.5) is 0 Å². The molecule has 0 amide bonds. The molecule has 0 aliphatic carbocycles. The van der Waals surface area contributed by atoms with Crippen molar-refractivity contribution in [3.63, 3.8) is 0 Å². The molecule has 0 aromatic rings. The maximum Gasteiger partial charge on any atom is 0.333 e. The molecule has 5 nitrogen and oxygen atoms in total. The minimum atomic E-state index is -0.751. The van der Waals surface area contributed by atoms with Gasteiger partial charge in [-0.25, -0.2) is 4.79 Å². The Hall–Kier alpha value is -1.46. The van der Waals surface area contributed by atoms with Crippen molar-refractivity contribution in [2.45, 2.75) is 97.9 Å². The number of hydrogen-bond acceptors (Lipinski definition) is 5. The van der Waals surface area contributed by atoms with E-state index >= 15 is 0 Å². The molecular weight excluding hydrogens is 356 g/mol. The van der Waals surface area contributed by atoms with Crippen molar-refractivity contribution < 1.29 is 24.5 Å². The lowest BCUT2D eigenvalue weighted by Crippen LogP contribution is -2.32. The molecule has 0 spiro atoms. The molecule has 1 aliphatic rings. The van der Waals surface area contributed by atoms with E-state index in [1.54, 1.807) is 6.92 Å². The van der Waals surface area contributed by atoms with Crippen molar-refractivity contribution in [2.24, 2.45) is 11.8 Å². The molecule has 0 radical (unpaired) electrons. The Balaban J connectivity index is 2.96. The van der Waals surface area contributed by atoms with Crippen LogP contribution in [0.15, 0.2) is 23.3 Å². The number of aliphatic hydroxyl groups excluding tert-OH is 2. The predicted molar refractivity (Wildman–Crippen MR) is 111 cm³/mol. The number of rotatable bonds is 1. The van der Waals surface area contributed by atoms with Crippen molar-refractivity contribution >= 4 is 11.8 Å². The van der Waals surface area contributed by atoms with Crippen molar-refractivity contribution in [3.8, 4) is 0 Å². The third-order valence-corrected chi connectivity index (χ3v) is 5.77. The van der Waals surface area contributed by atoms with E-state index in [-0.39, 0.29) is 30.2 Å². The highest BCUT2D eigenvalue weighted by atomic mass is 16.5. The minimum Gasteiger partial charge on any atom is -0.459 e. The van der Waals surface area contributed by atoms with E-state index in [1.807, 2.05) is 39.8 Å². The highest BCUT2D eigenvalue weighted by Gasteiger charge is 2.28. The first-order chi connectivity index (χ1) is 13.1. The van der Waals surface area contributed by atoms with E-state index in [2.05, 4.69) is 0 Å². The van der Waals surface area contributed by atoms with Crippen LogP contribution in [0, 0.1) is 11.8 Å². The number of Topliss-reactive ketones (excluding diaryl/α,β-unsaturated/α-hetero) is 1. The number of ether oxygens (including phenoxy) is 1. The maximum absolute atomic E-state index is 12.6. The predicted octanol–water partition coefficient (Wildman–Crippen LogP) is 4.12. The number of cyclic esters (lactones) is 1. The van der Waals surface area contributed by atoms with E-state index in [1.165, 1.54) is 0 Å². The number of ketones is 1. The van der Waals surface area contributed by atoms with Crippen LogP contribution < -0.4 is 0 Å². The second kappa shape index (κ2) is 12.2. The molecule has 0 aromatic carbocycles. The summed E-state index contributed by atoms with van der Waals surface area (Å²) in [6.07, 6.45) is 5.94. The number of esters is 1. The van der Waals surface area contributed by atoms with E-state index in [0.29, 0.717) is 44.1 Å². The van der Waals surface area contributed by atoms with Gasteiger partial charge in [0.15, 0.2) is 0 Å². The minimum absolute atomic E-state index is 0.0571. The van der Waals surface area contributed by atoms with Crippen molar-refractivity contribution in [1.82, 2.24) is 0 Å². The van der Waals surface area contributed by atoms with Crippen LogP contribution in [0.2, 0.25) is 0 Å². The van der Waals surface area contributed by atoms with Gasteiger partial charge in [-0.05, 0) is 65.2 Å². The van der Waals surface area contributed by atoms with Crippen LogP contribution in [-0.4, -0.2) is 40.3 Å². The normalized spacial score (nSPS) is 32.6. The quantitative estimate of drug-likeness (QED) is 0.516. The van der Waals surface area contributed by atoms with Gasteiger partial charge in [-0.15, -0.1) is 0 Å². The van der Waals surface area contributed by atoms with Gasteiger partial charge in [0.2, 0.25) is 0 Å². The largest absolute Gasteiger partial charge is 0.459 e. The lowest BCUT2D eigenvalue weighted by Gasteiger charge is -2.25. The van der Waals surface area contributed by atoms with Gasteiger partial charge >= 0.3 is 5.97 Å². The zero-order valence-electron chi connectivity index (χ0n) is 18.1. The summed E-state index contributed by atoms with van der Waals surface area (Å²) in [5, 5.41) is 20.9. The lowest BCUT2D eigenvalue weighted by molar-refractivity contribution is -0.143. The Kier molecular flexibility index (Phi) is 10.7. The Bertz CT molecular complexity index is 578. The summed E-state index contributed by atoms with van der Waals surface area (Å²) >= 11 is 0. The first kappa shape index (κ1) is 24.6. The van der Waals surface area contributed by atoms with Gasteiger partial charge in [0.1, 0.15) is 5.78 Å². The molecule has 0 saturated carbocycles. The van der Waals surface area contributed by atoms with Gasteiger partial charge in [-0.3, -0.25) is 4.79 Å². The SMILES string of the molecule is CCC1C(=O)CC(O)C(C)CCC(C)OC(=O)C(C)=CCC=C(C)CCC1O. The molecule has 1 heterocycles.